The van der Waals surface area contributed by atoms with Gasteiger partial charge in [-0.3, -0.25) is 0 Å². The summed E-state index contributed by atoms with van der Waals surface area (Å²) in [6, 6.07) is 78.9. The normalized spacial score (nSPS) is 15.2. The number of benzene rings is 11. The van der Waals surface area contributed by atoms with Gasteiger partial charge in [0.15, 0.2) is 0 Å². The highest BCUT2D eigenvalue weighted by molar-refractivity contribution is 6.23. The van der Waals surface area contributed by atoms with Gasteiger partial charge in [-0.25, -0.2) is 0 Å². The number of hydrogen-bond acceptors (Lipinski definition) is 0. The third-order valence-corrected chi connectivity index (χ3v) is 16.9. The van der Waals surface area contributed by atoms with Gasteiger partial charge in [-0.2, -0.15) is 0 Å². The van der Waals surface area contributed by atoms with Crippen molar-refractivity contribution in [3.63, 3.8) is 0 Å². The molecule has 0 spiro atoms. The van der Waals surface area contributed by atoms with Crippen LogP contribution in [0, 0.1) is 0 Å². The van der Waals surface area contributed by atoms with E-state index in [2.05, 4.69) is 248 Å². The fourth-order valence-corrected chi connectivity index (χ4v) is 13.4. The Kier molecular flexibility index (Phi) is 8.25. The molecule has 14 rings (SSSR count). The zero-order valence-corrected chi connectivity index (χ0v) is 40.1. The topological polar surface area (TPSA) is 0 Å². The highest BCUT2D eigenvalue weighted by Crippen LogP contribution is 2.57. The van der Waals surface area contributed by atoms with Crippen molar-refractivity contribution in [2.24, 2.45) is 0 Å². The van der Waals surface area contributed by atoms with E-state index in [0.717, 1.165) is 0 Å². The van der Waals surface area contributed by atoms with Gasteiger partial charge in [0.1, 0.15) is 0 Å². The van der Waals surface area contributed by atoms with Crippen LogP contribution in [0.3, 0.4) is 0 Å². The van der Waals surface area contributed by atoms with E-state index in [0.29, 0.717) is 0 Å². The first-order valence-electron chi connectivity index (χ1n) is 24.7. The molecule has 0 saturated heterocycles. The monoisotopic (exact) mass is 880 g/mol. The van der Waals surface area contributed by atoms with Crippen LogP contribution in [0.15, 0.2) is 206 Å². The van der Waals surface area contributed by atoms with Gasteiger partial charge < -0.3 is 0 Å². The third kappa shape index (κ3) is 5.52. The molecule has 11 aromatic rings. The van der Waals surface area contributed by atoms with Crippen molar-refractivity contribution < 1.29 is 0 Å². The van der Waals surface area contributed by atoms with E-state index in [1.54, 1.807) is 0 Å². The van der Waals surface area contributed by atoms with Crippen molar-refractivity contribution in [3.05, 3.63) is 240 Å². The third-order valence-electron chi connectivity index (χ3n) is 16.9. The molecule has 0 saturated carbocycles. The second-order valence-electron chi connectivity index (χ2n) is 21.6. The van der Waals surface area contributed by atoms with Crippen LogP contribution in [0.25, 0.3) is 110 Å². The van der Waals surface area contributed by atoms with Crippen molar-refractivity contribution in [3.8, 4) is 77.9 Å². The molecule has 0 nitrogen and oxygen atoms in total. The van der Waals surface area contributed by atoms with Crippen LogP contribution in [0.1, 0.15) is 74.9 Å². The molecule has 0 N–H and O–H groups in total. The Bertz CT molecular complexity index is 4030. The number of hydrogen-bond donors (Lipinski definition) is 0. The highest BCUT2D eigenvalue weighted by atomic mass is 14.4. The van der Waals surface area contributed by atoms with Gasteiger partial charge in [0.2, 0.25) is 0 Å². The molecule has 0 bridgehead atoms. The van der Waals surface area contributed by atoms with Crippen LogP contribution in [-0.2, 0) is 16.2 Å². The van der Waals surface area contributed by atoms with Crippen LogP contribution in [0.4, 0.5) is 0 Å². The maximum Gasteiger partial charge on any atom is 0.0159 e. The second-order valence-corrected chi connectivity index (χ2v) is 21.6. The molecule has 0 atom stereocenters. The number of fused-ring (bicyclic) bond motifs is 12. The molecule has 0 unspecified atom stereocenters. The summed E-state index contributed by atoms with van der Waals surface area (Å²) < 4.78 is 0. The van der Waals surface area contributed by atoms with Crippen molar-refractivity contribution >= 4 is 32.3 Å². The molecule has 0 aliphatic heterocycles. The van der Waals surface area contributed by atoms with E-state index in [1.165, 1.54) is 144 Å². The fourth-order valence-electron chi connectivity index (χ4n) is 13.4. The zero-order chi connectivity index (χ0) is 46.6. The van der Waals surface area contributed by atoms with Crippen molar-refractivity contribution in [1.82, 2.24) is 0 Å². The van der Waals surface area contributed by atoms with E-state index in [4.69, 9.17) is 0 Å². The second kappa shape index (κ2) is 14.1. The van der Waals surface area contributed by atoms with E-state index in [9.17, 15) is 0 Å². The maximum atomic E-state index is 2.60. The summed E-state index contributed by atoms with van der Waals surface area (Å²) in [4.78, 5) is 0. The summed E-state index contributed by atoms with van der Waals surface area (Å²) >= 11 is 0. The van der Waals surface area contributed by atoms with E-state index in [-0.39, 0.29) is 16.2 Å². The molecular weight excluding hydrogens is 829 g/mol. The van der Waals surface area contributed by atoms with Gasteiger partial charge in [-0.05, 0) is 174 Å². The Morgan fingerprint density at radius 1 is 0.217 bits per heavy atom. The Morgan fingerprint density at radius 3 is 1.23 bits per heavy atom. The average molecular weight is 881 g/mol. The first kappa shape index (κ1) is 40.3. The van der Waals surface area contributed by atoms with Gasteiger partial charge in [0.25, 0.3) is 0 Å². The lowest BCUT2D eigenvalue weighted by Gasteiger charge is -2.26. The fraction of sp³-hybridized carbons (Fsp3) is 0.130. The molecule has 3 aliphatic rings. The highest BCUT2D eigenvalue weighted by Gasteiger charge is 2.39. The van der Waals surface area contributed by atoms with Crippen LogP contribution < -0.4 is 0 Å². The van der Waals surface area contributed by atoms with Crippen molar-refractivity contribution in [2.45, 2.75) is 57.8 Å². The minimum atomic E-state index is -0.170. The summed E-state index contributed by atoms with van der Waals surface area (Å²) in [5, 5.41) is 7.65. The van der Waals surface area contributed by atoms with Gasteiger partial charge >= 0.3 is 0 Å². The summed E-state index contributed by atoms with van der Waals surface area (Å²) in [6.45, 7) is 14.5. The molecular formula is C69H52. The molecule has 3 aliphatic carbocycles. The Balaban J connectivity index is 1.12. The maximum absolute atomic E-state index is 2.60. The Morgan fingerprint density at radius 2 is 0.623 bits per heavy atom. The Labute approximate surface area is 405 Å². The molecule has 0 heterocycles. The van der Waals surface area contributed by atoms with Crippen molar-refractivity contribution in [1.29, 1.82) is 0 Å². The standard InChI is InChI=1S/C69H52/c1-67(2)59-27-14-11-23-49(59)52-33-31-43(37-62(52)67)65-54-35-30-42(46-21-9-10-22-47(46)48-26-17-19-41-18-7-8-20-45(41)48)36-56(54)66(44-32-34-53-50-24-12-15-28-60(50)68(3,4)63(53)38-44)58-40-64-55(39-57(58)65)51-25-13-16-29-61(51)69(64,5)6/h7-40H,1-6H3. The lowest BCUT2D eigenvalue weighted by atomic mass is 9.77. The van der Waals surface area contributed by atoms with E-state index in [1.807, 2.05) is 0 Å². The predicted octanol–water partition coefficient (Wildman–Crippen LogP) is 18.7. The van der Waals surface area contributed by atoms with E-state index < -0.39 is 0 Å². The van der Waals surface area contributed by atoms with Gasteiger partial charge in [0.05, 0.1) is 0 Å². The molecule has 11 aromatic carbocycles. The first-order chi connectivity index (χ1) is 33.5. The Hall–Kier alpha value is -7.80. The quantitative estimate of drug-likeness (QED) is 0.155. The smallest absolute Gasteiger partial charge is 0.0159 e. The van der Waals surface area contributed by atoms with E-state index >= 15 is 0 Å². The summed E-state index contributed by atoms with van der Waals surface area (Å²) in [5.41, 5.74) is 26.0. The van der Waals surface area contributed by atoms with Crippen LogP contribution >= 0.6 is 0 Å². The predicted molar refractivity (Wildman–Crippen MR) is 293 cm³/mol. The van der Waals surface area contributed by atoms with Crippen LogP contribution in [0.2, 0.25) is 0 Å². The number of rotatable bonds is 4. The molecule has 328 valence electrons. The van der Waals surface area contributed by atoms with Gasteiger partial charge in [0, 0.05) is 16.2 Å². The SMILES string of the molecule is CC1(C)c2ccccc2-c2ccc(-c3c4ccc(-c5ccccc5-c5cccc6ccccc56)cc4c(-c4ccc5c(c4)C(C)(C)c4ccccc4-5)c4cc5c(cc34)-c3ccccc3C5(C)C)cc21. The molecule has 0 amide bonds. The molecule has 0 radical (unpaired) electrons. The van der Waals surface area contributed by atoms with Crippen molar-refractivity contribution in [2.75, 3.05) is 0 Å². The average Bonchev–Trinajstić information content (AvgIpc) is 3.86. The summed E-state index contributed by atoms with van der Waals surface area (Å²) in [5.74, 6) is 0. The molecule has 69 heavy (non-hydrogen) atoms. The van der Waals surface area contributed by atoms with Crippen LogP contribution in [-0.4, -0.2) is 0 Å². The summed E-state index contributed by atoms with van der Waals surface area (Å²) in [6.07, 6.45) is 0. The minimum absolute atomic E-state index is 0.134. The molecule has 0 fully saturated rings. The zero-order valence-electron chi connectivity index (χ0n) is 40.1. The van der Waals surface area contributed by atoms with Gasteiger partial charge in [-0.1, -0.05) is 217 Å². The molecule has 0 heteroatoms. The van der Waals surface area contributed by atoms with Gasteiger partial charge in [-0.15, -0.1) is 0 Å². The molecule has 0 aromatic heterocycles. The summed E-state index contributed by atoms with van der Waals surface area (Å²) in [7, 11) is 0. The largest absolute Gasteiger partial charge is 0.0619 e. The van der Waals surface area contributed by atoms with Crippen LogP contribution in [0.5, 0.6) is 0 Å². The minimum Gasteiger partial charge on any atom is -0.0619 e. The lowest BCUT2D eigenvalue weighted by Crippen LogP contribution is -2.15. The lowest BCUT2D eigenvalue weighted by molar-refractivity contribution is 0.660. The first-order valence-corrected chi connectivity index (χ1v) is 24.7.